The number of hydrogen-bond donors (Lipinski definition) is 1. The molecule has 2 aliphatic heterocycles. The molecule has 0 spiro atoms. The number of nitrogens with one attached hydrogen (secondary N) is 1. The van der Waals surface area contributed by atoms with Crippen molar-refractivity contribution in [3.8, 4) is 0 Å². The molecular weight excluding hydrogens is 354 g/mol. The maximum atomic E-state index is 13.0. The lowest BCUT2D eigenvalue weighted by Crippen LogP contribution is -2.44. The fourth-order valence-corrected chi connectivity index (χ4v) is 5.29. The zero-order valence-corrected chi connectivity index (χ0v) is 15.5. The van der Waals surface area contributed by atoms with Crippen LogP contribution in [0.5, 0.6) is 0 Å². The summed E-state index contributed by atoms with van der Waals surface area (Å²) >= 11 is 0. The number of likely N-dealkylation sites (N-methyl/N-ethyl adjacent to an activating group) is 1. The first-order valence-corrected chi connectivity index (χ1v) is 10.3. The molecule has 0 aliphatic carbocycles. The van der Waals surface area contributed by atoms with Gasteiger partial charge >= 0.3 is 0 Å². The van der Waals surface area contributed by atoms with E-state index in [1.54, 1.807) is 30.3 Å². The van der Waals surface area contributed by atoms with Crippen molar-refractivity contribution in [3.05, 3.63) is 42.0 Å². The highest BCUT2D eigenvalue weighted by atomic mass is 32.2. The Bertz CT molecular complexity index is 854. The van der Waals surface area contributed by atoms with Gasteiger partial charge < -0.3 is 9.84 Å². The monoisotopic (exact) mass is 377 g/mol. The van der Waals surface area contributed by atoms with E-state index in [1.807, 2.05) is 7.05 Å². The van der Waals surface area contributed by atoms with Crippen LogP contribution in [-0.2, 0) is 10.0 Å². The van der Waals surface area contributed by atoms with E-state index in [0.717, 1.165) is 26.1 Å². The molecule has 2 unspecified atom stereocenters. The van der Waals surface area contributed by atoms with Crippen molar-refractivity contribution in [2.45, 2.75) is 29.8 Å². The standard InChI is InChI=1S/C17H23N5O3S/c1-21-11-9-18-12-15(21)16-19-17(25-20-16)14-8-5-10-22(14)26(23,24)13-6-3-2-4-7-13/h2-4,6-7,14-15,18H,5,8-12H2,1H3. The molecule has 8 nitrogen and oxygen atoms in total. The number of hydrogen-bond acceptors (Lipinski definition) is 7. The fourth-order valence-electron chi connectivity index (χ4n) is 3.61. The van der Waals surface area contributed by atoms with Crippen molar-refractivity contribution < 1.29 is 12.9 Å². The molecule has 2 fully saturated rings. The van der Waals surface area contributed by atoms with Crippen LogP contribution < -0.4 is 5.32 Å². The quantitative estimate of drug-likeness (QED) is 0.855. The highest BCUT2D eigenvalue weighted by molar-refractivity contribution is 7.89. The topological polar surface area (TPSA) is 91.6 Å². The Labute approximate surface area is 153 Å². The van der Waals surface area contributed by atoms with E-state index in [2.05, 4.69) is 20.4 Å². The maximum Gasteiger partial charge on any atom is 0.245 e. The van der Waals surface area contributed by atoms with Gasteiger partial charge in [0, 0.05) is 26.2 Å². The minimum atomic E-state index is -3.58. The van der Waals surface area contributed by atoms with Gasteiger partial charge in [0.1, 0.15) is 6.04 Å². The maximum absolute atomic E-state index is 13.0. The second-order valence-electron chi connectivity index (χ2n) is 6.78. The summed E-state index contributed by atoms with van der Waals surface area (Å²) in [6, 6.07) is 8.15. The summed E-state index contributed by atoms with van der Waals surface area (Å²) < 4.78 is 33.0. The molecule has 2 saturated heterocycles. The van der Waals surface area contributed by atoms with Gasteiger partial charge in [-0.2, -0.15) is 9.29 Å². The third-order valence-corrected chi connectivity index (χ3v) is 7.03. The lowest BCUT2D eigenvalue weighted by molar-refractivity contribution is 0.190. The van der Waals surface area contributed by atoms with Gasteiger partial charge in [-0.25, -0.2) is 8.42 Å². The number of benzene rings is 1. The van der Waals surface area contributed by atoms with Crippen molar-refractivity contribution in [1.82, 2.24) is 24.7 Å². The normalized spacial score (nSPS) is 25.6. The average molecular weight is 377 g/mol. The lowest BCUT2D eigenvalue weighted by Gasteiger charge is -2.30. The second-order valence-corrected chi connectivity index (χ2v) is 8.67. The molecular formula is C17H23N5O3S. The summed E-state index contributed by atoms with van der Waals surface area (Å²) in [4.78, 5) is 7.03. The van der Waals surface area contributed by atoms with Crippen LogP contribution in [0.3, 0.4) is 0 Å². The Hall–Kier alpha value is -1.81. The van der Waals surface area contributed by atoms with E-state index in [-0.39, 0.29) is 6.04 Å². The Morgan fingerprint density at radius 2 is 2.00 bits per heavy atom. The van der Waals surface area contributed by atoms with Gasteiger partial charge in [0.25, 0.3) is 0 Å². The van der Waals surface area contributed by atoms with Crippen LogP contribution in [0.4, 0.5) is 0 Å². The van der Waals surface area contributed by atoms with Gasteiger partial charge in [-0.1, -0.05) is 23.4 Å². The number of rotatable bonds is 4. The van der Waals surface area contributed by atoms with Crippen LogP contribution in [0.2, 0.25) is 0 Å². The summed E-state index contributed by atoms with van der Waals surface area (Å²) in [6.07, 6.45) is 1.46. The van der Waals surface area contributed by atoms with E-state index >= 15 is 0 Å². The van der Waals surface area contributed by atoms with E-state index in [9.17, 15) is 8.42 Å². The molecule has 0 bridgehead atoms. The fraction of sp³-hybridized carbons (Fsp3) is 0.529. The summed E-state index contributed by atoms with van der Waals surface area (Å²) in [6.45, 7) is 3.06. The number of sulfonamides is 1. The van der Waals surface area contributed by atoms with Crippen molar-refractivity contribution >= 4 is 10.0 Å². The summed E-state index contributed by atoms with van der Waals surface area (Å²) in [5, 5.41) is 7.46. The van der Waals surface area contributed by atoms with Crippen molar-refractivity contribution in [3.63, 3.8) is 0 Å². The molecule has 4 rings (SSSR count). The molecule has 3 heterocycles. The van der Waals surface area contributed by atoms with Crippen molar-refractivity contribution in [2.75, 3.05) is 33.2 Å². The molecule has 1 aromatic heterocycles. The van der Waals surface area contributed by atoms with Gasteiger partial charge in [-0.05, 0) is 32.0 Å². The highest BCUT2D eigenvalue weighted by Crippen LogP contribution is 2.36. The van der Waals surface area contributed by atoms with Crippen LogP contribution in [-0.4, -0.2) is 61.0 Å². The Kier molecular flexibility index (Phi) is 4.78. The smallest absolute Gasteiger partial charge is 0.245 e. The molecule has 9 heteroatoms. The Morgan fingerprint density at radius 1 is 1.19 bits per heavy atom. The predicted octanol–water partition coefficient (Wildman–Crippen LogP) is 1.17. The van der Waals surface area contributed by atoms with Crippen LogP contribution in [0.1, 0.15) is 36.6 Å². The molecule has 2 atom stereocenters. The van der Waals surface area contributed by atoms with Crippen LogP contribution >= 0.6 is 0 Å². The molecule has 1 aromatic carbocycles. The van der Waals surface area contributed by atoms with E-state index in [0.29, 0.717) is 29.6 Å². The van der Waals surface area contributed by atoms with Crippen molar-refractivity contribution in [2.24, 2.45) is 0 Å². The zero-order chi connectivity index (χ0) is 18.1. The molecule has 140 valence electrons. The third kappa shape index (κ3) is 3.16. The van der Waals surface area contributed by atoms with E-state index in [1.165, 1.54) is 4.31 Å². The minimum absolute atomic E-state index is 0.0434. The molecule has 0 radical (unpaired) electrons. The first kappa shape index (κ1) is 17.6. The second kappa shape index (κ2) is 7.07. The summed E-state index contributed by atoms with van der Waals surface area (Å²) in [5.74, 6) is 0.995. The molecule has 1 N–H and O–H groups in total. The molecule has 0 saturated carbocycles. The highest BCUT2D eigenvalue weighted by Gasteiger charge is 2.40. The van der Waals surface area contributed by atoms with Crippen LogP contribution in [0.25, 0.3) is 0 Å². The molecule has 0 amide bonds. The average Bonchev–Trinajstić information content (AvgIpc) is 3.32. The van der Waals surface area contributed by atoms with Crippen LogP contribution in [0.15, 0.2) is 39.8 Å². The zero-order valence-electron chi connectivity index (χ0n) is 14.7. The summed E-state index contributed by atoms with van der Waals surface area (Å²) in [5.41, 5.74) is 0. The van der Waals surface area contributed by atoms with Crippen molar-refractivity contribution in [1.29, 1.82) is 0 Å². The number of piperazine rings is 1. The lowest BCUT2D eigenvalue weighted by atomic mass is 10.2. The van der Waals surface area contributed by atoms with Gasteiger partial charge in [-0.3, -0.25) is 4.90 Å². The Morgan fingerprint density at radius 3 is 2.77 bits per heavy atom. The van der Waals surface area contributed by atoms with Gasteiger partial charge in [0.2, 0.25) is 15.9 Å². The SMILES string of the molecule is CN1CCNCC1c1noc(C2CCCN2S(=O)(=O)c2ccccc2)n1. The Balaban J connectivity index is 1.60. The predicted molar refractivity (Wildman–Crippen MR) is 94.8 cm³/mol. The van der Waals surface area contributed by atoms with Gasteiger partial charge in [-0.15, -0.1) is 0 Å². The van der Waals surface area contributed by atoms with Gasteiger partial charge in [0.15, 0.2) is 5.82 Å². The number of aromatic nitrogens is 2. The molecule has 2 aliphatic rings. The third-order valence-electron chi connectivity index (χ3n) is 5.11. The molecule has 2 aromatic rings. The largest absolute Gasteiger partial charge is 0.337 e. The first-order chi connectivity index (χ1) is 12.6. The summed E-state index contributed by atoms with van der Waals surface area (Å²) in [7, 11) is -1.55. The van der Waals surface area contributed by atoms with E-state index in [4.69, 9.17) is 4.52 Å². The van der Waals surface area contributed by atoms with Crippen LogP contribution in [0, 0.1) is 0 Å². The first-order valence-electron chi connectivity index (χ1n) is 8.89. The minimum Gasteiger partial charge on any atom is -0.337 e. The molecule has 26 heavy (non-hydrogen) atoms. The van der Waals surface area contributed by atoms with Gasteiger partial charge in [0.05, 0.1) is 10.9 Å². The van der Waals surface area contributed by atoms with E-state index < -0.39 is 16.1 Å². The number of nitrogens with zero attached hydrogens (tertiary/aromatic N) is 4.